The Morgan fingerprint density at radius 1 is 1.40 bits per heavy atom. The van der Waals surface area contributed by atoms with E-state index in [2.05, 4.69) is 23.5 Å². The van der Waals surface area contributed by atoms with Crippen molar-refractivity contribution in [2.75, 3.05) is 11.9 Å². The zero-order valence-electron chi connectivity index (χ0n) is 12.0. The summed E-state index contributed by atoms with van der Waals surface area (Å²) in [5.74, 6) is 3.22. The molecule has 0 aromatic heterocycles. The van der Waals surface area contributed by atoms with Gasteiger partial charge in [-0.15, -0.1) is 6.42 Å². The summed E-state index contributed by atoms with van der Waals surface area (Å²) in [7, 11) is 0. The van der Waals surface area contributed by atoms with Crippen molar-refractivity contribution in [2.24, 2.45) is 5.92 Å². The molecule has 20 heavy (non-hydrogen) atoms. The zero-order valence-corrected chi connectivity index (χ0v) is 12.0. The van der Waals surface area contributed by atoms with E-state index in [0.717, 1.165) is 17.7 Å². The van der Waals surface area contributed by atoms with Crippen molar-refractivity contribution < 1.29 is 4.79 Å². The van der Waals surface area contributed by atoms with Gasteiger partial charge in [-0.1, -0.05) is 31.8 Å². The third-order valence-corrected chi connectivity index (χ3v) is 3.94. The molecule has 0 aliphatic heterocycles. The highest BCUT2D eigenvalue weighted by atomic mass is 16.1. The fourth-order valence-electron chi connectivity index (χ4n) is 2.69. The van der Waals surface area contributed by atoms with Crippen LogP contribution < -0.4 is 10.6 Å². The van der Waals surface area contributed by atoms with Gasteiger partial charge in [0.1, 0.15) is 0 Å². The number of nitrogens with one attached hydrogen (secondary N) is 2. The van der Waals surface area contributed by atoms with Gasteiger partial charge in [-0.25, -0.2) is 0 Å². The molecule has 3 nitrogen and oxygen atoms in total. The Kier molecular flexibility index (Phi) is 5.06. The number of rotatable bonds is 4. The minimum atomic E-state index is 0.0508. The average Bonchev–Trinajstić information content (AvgIpc) is 2.48. The number of hydrogen-bond donors (Lipinski definition) is 2. The van der Waals surface area contributed by atoms with Crippen LogP contribution in [0.1, 0.15) is 38.2 Å². The molecule has 2 rings (SSSR count). The lowest BCUT2D eigenvalue weighted by Gasteiger charge is -2.29. The third-order valence-electron chi connectivity index (χ3n) is 3.94. The van der Waals surface area contributed by atoms with Gasteiger partial charge < -0.3 is 10.6 Å². The van der Waals surface area contributed by atoms with E-state index in [-0.39, 0.29) is 12.5 Å². The predicted molar refractivity (Wildman–Crippen MR) is 82.4 cm³/mol. The highest BCUT2D eigenvalue weighted by molar-refractivity contribution is 5.81. The first-order valence-corrected chi connectivity index (χ1v) is 7.29. The number of hydrogen-bond acceptors (Lipinski definition) is 2. The summed E-state index contributed by atoms with van der Waals surface area (Å²) in [6, 6.07) is 7.87. The molecule has 0 unspecified atom stereocenters. The van der Waals surface area contributed by atoms with E-state index >= 15 is 0 Å². The van der Waals surface area contributed by atoms with E-state index in [0.29, 0.717) is 12.0 Å². The monoisotopic (exact) mass is 270 g/mol. The molecule has 0 bridgehead atoms. The standard InChI is InChI=1S/C17H22N2O/c1-3-14-8-6-9-15(11-14)18-12-17(20)19-16-10-5-4-7-13(16)2/h1,6,8-9,11,13,16,18H,4-5,7,10,12H2,2H3,(H,19,20)/t13-,16+/m0/s1. The molecule has 1 amide bonds. The maximum absolute atomic E-state index is 12.0. The molecular weight excluding hydrogens is 248 g/mol. The molecule has 1 aromatic carbocycles. The highest BCUT2D eigenvalue weighted by Crippen LogP contribution is 2.23. The van der Waals surface area contributed by atoms with Crippen molar-refractivity contribution >= 4 is 11.6 Å². The smallest absolute Gasteiger partial charge is 0.239 e. The van der Waals surface area contributed by atoms with E-state index in [1.165, 1.54) is 19.3 Å². The average molecular weight is 270 g/mol. The van der Waals surface area contributed by atoms with Gasteiger partial charge in [0, 0.05) is 17.3 Å². The van der Waals surface area contributed by atoms with Crippen LogP contribution in [-0.4, -0.2) is 18.5 Å². The maximum Gasteiger partial charge on any atom is 0.239 e. The molecule has 0 heterocycles. The van der Waals surface area contributed by atoms with Gasteiger partial charge >= 0.3 is 0 Å². The van der Waals surface area contributed by atoms with Gasteiger partial charge in [0.25, 0.3) is 0 Å². The molecule has 0 spiro atoms. The van der Waals surface area contributed by atoms with Crippen LogP contribution in [0.4, 0.5) is 5.69 Å². The van der Waals surface area contributed by atoms with Crippen molar-refractivity contribution in [3.63, 3.8) is 0 Å². The number of carbonyl (C=O) groups excluding carboxylic acids is 1. The van der Waals surface area contributed by atoms with Crippen molar-refractivity contribution in [1.29, 1.82) is 0 Å². The van der Waals surface area contributed by atoms with Crippen molar-refractivity contribution in [3.8, 4) is 12.3 Å². The van der Waals surface area contributed by atoms with Gasteiger partial charge in [-0.2, -0.15) is 0 Å². The maximum atomic E-state index is 12.0. The second-order valence-corrected chi connectivity index (χ2v) is 5.51. The summed E-state index contributed by atoms with van der Waals surface area (Å²) >= 11 is 0. The van der Waals surface area contributed by atoms with E-state index in [1.54, 1.807) is 0 Å². The topological polar surface area (TPSA) is 41.1 Å². The molecule has 0 radical (unpaired) electrons. The summed E-state index contributed by atoms with van der Waals surface area (Å²) in [6.07, 6.45) is 10.2. The fourth-order valence-corrected chi connectivity index (χ4v) is 2.69. The van der Waals surface area contributed by atoms with Crippen LogP contribution in [0.3, 0.4) is 0 Å². The lowest BCUT2D eigenvalue weighted by atomic mass is 9.86. The number of carbonyl (C=O) groups is 1. The molecule has 106 valence electrons. The molecule has 2 N–H and O–H groups in total. The number of terminal acetylenes is 1. The predicted octanol–water partition coefficient (Wildman–Crippen LogP) is 2.77. The SMILES string of the molecule is C#Cc1cccc(NCC(=O)N[C@@H]2CCCC[C@@H]2C)c1. The summed E-state index contributed by atoms with van der Waals surface area (Å²) in [5.41, 5.74) is 1.70. The minimum absolute atomic E-state index is 0.0508. The number of amides is 1. The van der Waals surface area contributed by atoms with Crippen molar-refractivity contribution in [1.82, 2.24) is 5.32 Å². The zero-order chi connectivity index (χ0) is 14.4. The van der Waals surface area contributed by atoms with Gasteiger partial charge in [-0.3, -0.25) is 4.79 Å². The molecule has 1 aliphatic rings. The Labute approximate surface area is 121 Å². The highest BCUT2D eigenvalue weighted by Gasteiger charge is 2.22. The van der Waals surface area contributed by atoms with Gasteiger partial charge in [0.05, 0.1) is 6.54 Å². The van der Waals surface area contributed by atoms with Gasteiger partial charge in [0.2, 0.25) is 5.91 Å². The Hall–Kier alpha value is -1.95. The second-order valence-electron chi connectivity index (χ2n) is 5.51. The first-order valence-electron chi connectivity index (χ1n) is 7.29. The Morgan fingerprint density at radius 3 is 2.95 bits per heavy atom. The van der Waals surface area contributed by atoms with Crippen LogP contribution in [0.2, 0.25) is 0 Å². The van der Waals surface area contributed by atoms with E-state index in [9.17, 15) is 4.79 Å². The Balaban J connectivity index is 1.81. The van der Waals surface area contributed by atoms with Gasteiger partial charge in [-0.05, 0) is 37.0 Å². The first kappa shape index (κ1) is 14.5. The molecule has 3 heteroatoms. The normalized spacial score (nSPS) is 21.8. The number of anilines is 1. The molecule has 1 saturated carbocycles. The number of benzene rings is 1. The van der Waals surface area contributed by atoms with Crippen molar-refractivity contribution in [3.05, 3.63) is 29.8 Å². The Morgan fingerprint density at radius 2 is 2.20 bits per heavy atom. The summed E-state index contributed by atoms with van der Waals surface area (Å²) in [4.78, 5) is 12.0. The van der Waals surface area contributed by atoms with E-state index in [1.807, 2.05) is 24.3 Å². The van der Waals surface area contributed by atoms with Crippen molar-refractivity contribution in [2.45, 2.75) is 38.6 Å². The summed E-state index contributed by atoms with van der Waals surface area (Å²) in [6.45, 7) is 2.51. The molecule has 0 saturated heterocycles. The molecule has 1 aromatic rings. The third kappa shape index (κ3) is 4.03. The molecule has 1 fully saturated rings. The summed E-state index contributed by atoms with van der Waals surface area (Å²) < 4.78 is 0. The van der Waals surface area contributed by atoms with Crippen LogP contribution in [0.15, 0.2) is 24.3 Å². The largest absolute Gasteiger partial charge is 0.376 e. The molecule has 1 aliphatic carbocycles. The van der Waals surface area contributed by atoms with Crippen LogP contribution in [0, 0.1) is 18.3 Å². The second kappa shape index (κ2) is 7.00. The quantitative estimate of drug-likeness (QED) is 0.826. The molecule has 2 atom stereocenters. The van der Waals surface area contributed by atoms with Crippen LogP contribution in [0.5, 0.6) is 0 Å². The Bertz CT molecular complexity index is 504. The molecular formula is C17H22N2O. The van der Waals surface area contributed by atoms with E-state index in [4.69, 9.17) is 6.42 Å². The minimum Gasteiger partial charge on any atom is -0.376 e. The van der Waals surface area contributed by atoms with Crippen LogP contribution in [0.25, 0.3) is 0 Å². The lowest BCUT2D eigenvalue weighted by Crippen LogP contribution is -2.43. The van der Waals surface area contributed by atoms with E-state index < -0.39 is 0 Å². The van der Waals surface area contributed by atoms with Crippen LogP contribution in [-0.2, 0) is 4.79 Å². The lowest BCUT2D eigenvalue weighted by molar-refractivity contribution is -0.120. The van der Waals surface area contributed by atoms with Crippen LogP contribution >= 0.6 is 0 Å². The van der Waals surface area contributed by atoms with Gasteiger partial charge in [0.15, 0.2) is 0 Å². The summed E-state index contributed by atoms with van der Waals surface area (Å²) in [5, 5.41) is 6.24. The fraction of sp³-hybridized carbons (Fsp3) is 0.471. The first-order chi connectivity index (χ1) is 9.69.